The lowest BCUT2D eigenvalue weighted by Gasteiger charge is -2.14. The molecule has 0 aliphatic carbocycles. The third-order valence-electron chi connectivity index (χ3n) is 9.12. The minimum Gasteiger partial charge on any atom is -0.256 e. The molecule has 2 heterocycles. The fourth-order valence-corrected chi connectivity index (χ4v) is 6.91. The van der Waals surface area contributed by atoms with Crippen LogP contribution in [0.5, 0.6) is 0 Å². The van der Waals surface area contributed by atoms with Gasteiger partial charge in [-0.15, -0.1) is 0 Å². The highest BCUT2D eigenvalue weighted by molar-refractivity contribution is 6.13. The molecule has 214 valence electrons. The van der Waals surface area contributed by atoms with Crippen molar-refractivity contribution in [2.75, 3.05) is 0 Å². The number of hydrogen-bond donors (Lipinski definition) is 0. The van der Waals surface area contributed by atoms with Crippen molar-refractivity contribution in [2.45, 2.75) is 0 Å². The lowest BCUT2D eigenvalue weighted by atomic mass is 9.90. The molecule has 0 aliphatic heterocycles. The van der Waals surface area contributed by atoms with Crippen LogP contribution in [-0.2, 0) is 0 Å². The highest BCUT2D eigenvalue weighted by atomic mass is 14.7. The van der Waals surface area contributed by atoms with Crippen molar-refractivity contribution in [1.29, 1.82) is 0 Å². The Hall–Kier alpha value is -6.12. The van der Waals surface area contributed by atoms with Crippen LogP contribution in [0.2, 0.25) is 0 Å². The molecule has 0 saturated carbocycles. The third kappa shape index (κ3) is 4.43. The monoisotopic (exact) mass is 584 g/mol. The van der Waals surface area contributed by atoms with E-state index in [1.54, 1.807) is 0 Å². The standard InChI is InChI=1S/C44H28N2/c1-2-14-37-33(9-1)28-42(41-16-4-3-15-40(37)41)30-21-19-29(20-22-30)34-25-35(38-17-5-10-31-12-7-23-45-43(31)38)27-36(26-34)39-18-6-11-32-13-8-24-46-44(32)39/h1-28H. The van der Waals surface area contributed by atoms with Gasteiger partial charge in [0, 0.05) is 34.3 Å². The molecule has 0 atom stereocenters. The van der Waals surface area contributed by atoms with Crippen LogP contribution >= 0.6 is 0 Å². The van der Waals surface area contributed by atoms with E-state index >= 15 is 0 Å². The molecule has 0 saturated heterocycles. The van der Waals surface area contributed by atoms with E-state index in [1.807, 2.05) is 24.5 Å². The maximum Gasteiger partial charge on any atom is 0.0780 e. The Morgan fingerprint density at radius 1 is 0.283 bits per heavy atom. The molecule has 0 bridgehead atoms. The predicted molar refractivity (Wildman–Crippen MR) is 194 cm³/mol. The number of nitrogens with zero attached hydrogens (tertiary/aromatic N) is 2. The van der Waals surface area contributed by atoms with Gasteiger partial charge in [-0.25, -0.2) is 0 Å². The normalized spacial score (nSPS) is 11.5. The van der Waals surface area contributed by atoms with Gasteiger partial charge in [0.2, 0.25) is 0 Å². The molecule has 46 heavy (non-hydrogen) atoms. The fourth-order valence-electron chi connectivity index (χ4n) is 6.91. The second-order valence-electron chi connectivity index (χ2n) is 11.8. The molecule has 0 amide bonds. The molecule has 2 heteroatoms. The first kappa shape index (κ1) is 26.3. The first-order chi connectivity index (χ1) is 22.8. The first-order valence-electron chi connectivity index (χ1n) is 15.6. The average molecular weight is 585 g/mol. The van der Waals surface area contributed by atoms with E-state index in [9.17, 15) is 0 Å². The van der Waals surface area contributed by atoms with E-state index in [-0.39, 0.29) is 0 Å². The van der Waals surface area contributed by atoms with E-state index in [0.29, 0.717) is 0 Å². The largest absolute Gasteiger partial charge is 0.256 e. The van der Waals surface area contributed by atoms with Crippen LogP contribution in [0.4, 0.5) is 0 Å². The Labute approximate surface area is 267 Å². The van der Waals surface area contributed by atoms with Crippen LogP contribution < -0.4 is 0 Å². The zero-order valence-electron chi connectivity index (χ0n) is 25.1. The van der Waals surface area contributed by atoms with Crippen molar-refractivity contribution in [3.05, 3.63) is 170 Å². The van der Waals surface area contributed by atoms with E-state index < -0.39 is 0 Å². The van der Waals surface area contributed by atoms with Gasteiger partial charge in [-0.1, -0.05) is 121 Å². The highest BCUT2D eigenvalue weighted by Crippen LogP contribution is 2.39. The number of para-hydroxylation sites is 2. The smallest absolute Gasteiger partial charge is 0.0780 e. The van der Waals surface area contributed by atoms with Gasteiger partial charge in [-0.2, -0.15) is 0 Å². The third-order valence-corrected chi connectivity index (χ3v) is 9.12. The number of rotatable bonds is 4. The molecule has 7 aromatic carbocycles. The summed E-state index contributed by atoms with van der Waals surface area (Å²) in [5, 5.41) is 7.35. The van der Waals surface area contributed by atoms with Crippen LogP contribution in [0, 0.1) is 0 Å². The minimum atomic E-state index is 1.00. The molecule has 9 rings (SSSR count). The summed E-state index contributed by atoms with van der Waals surface area (Å²) in [5.74, 6) is 0. The summed E-state index contributed by atoms with van der Waals surface area (Å²) in [6.07, 6.45) is 3.75. The molecule has 2 nitrogen and oxygen atoms in total. The van der Waals surface area contributed by atoms with Gasteiger partial charge in [-0.3, -0.25) is 9.97 Å². The number of benzene rings is 7. The lowest BCUT2D eigenvalue weighted by molar-refractivity contribution is 1.41. The van der Waals surface area contributed by atoms with Crippen LogP contribution in [0.15, 0.2) is 170 Å². The van der Waals surface area contributed by atoms with Crippen molar-refractivity contribution in [3.8, 4) is 44.5 Å². The van der Waals surface area contributed by atoms with Crippen molar-refractivity contribution in [1.82, 2.24) is 9.97 Å². The number of fused-ring (bicyclic) bond motifs is 5. The Kier molecular flexibility index (Phi) is 6.17. The molecule has 2 aromatic heterocycles. The van der Waals surface area contributed by atoms with Gasteiger partial charge in [0.05, 0.1) is 11.0 Å². The Balaban J connectivity index is 1.23. The summed E-state index contributed by atoms with van der Waals surface area (Å²) in [6, 6.07) is 56.7. The SMILES string of the molecule is c1cnc2c(-c3cc(-c4ccc(-c5cc6ccccc6c6ccccc56)cc4)cc(-c4cccc5cccnc45)c3)cccc2c1. The molecule has 0 unspecified atom stereocenters. The molecular formula is C44H28N2. The van der Waals surface area contributed by atoms with E-state index in [4.69, 9.17) is 9.97 Å². The fraction of sp³-hybridized carbons (Fsp3) is 0. The summed E-state index contributed by atoms with van der Waals surface area (Å²) in [7, 11) is 0. The van der Waals surface area contributed by atoms with Gasteiger partial charge >= 0.3 is 0 Å². The minimum absolute atomic E-state index is 1.00. The zero-order valence-corrected chi connectivity index (χ0v) is 25.1. The average Bonchev–Trinajstić information content (AvgIpc) is 3.14. The van der Waals surface area contributed by atoms with Gasteiger partial charge < -0.3 is 0 Å². The quantitative estimate of drug-likeness (QED) is 0.192. The van der Waals surface area contributed by atoms with Gasteiger partial charge in [0.25, 0.3) is 0 Å². The lowest BCUT2D eigenvalue weighted by Crippen LogP contribution is -1.90. The molecule has 0 fully saturated rings. The van der Waals surface area contributed by atoms with Crippen molar-refractivity contribution in [3.63, 3.8) is 0 Å². The molecule has 0 radical (unpaired) electrons. The molecule has 9 aromatic rings. The van der Waals surface area contributed by atoms with Crippen molar-refractivity contribution >= 4 is 43.4 Å². The zero-order chi connectivity index (χ0) is 30.5. The maximum absolute atomic E-state index is 4.79. The first-order valence-corrected chi connectivity index (χ1v) is 15.6. The summed E-state index contributed by atoms with van der Waals surface area (Å²) in [4.78, 5) is 9.58. The molecule has 0 aliphatic rings. The van der Waals surface area contributed by atoms with Crippen molar-refractivity contribution < 1.29 is 0 Å². The van der Waals surface area contributed by atoms with Crippen LogP contribution in [0.3, 0.4) is 0 Å². The maximum atomic E-state index is 4.79. The summed E-state index contributed by atoms with van der Waals surface area (Å²) in [5.41, 5.74) is 11.3. The predicted octanol–water partition coefficient (Wildman–Crippen LogP) is 11.8. The summed E-state index contributed by atoms with van der Waals surface area (Å²) >= 11 is 0. The van der Waals surface area contributed by atoms with E-state index in [0.717, 1.165) is 49.6 Å². The van der Waals surface area contributed by atoms with E-state index in [1.165, 1.54) is 38.2 Å². The molecule has 0 spiro atoms. The van der Waals surface area contributed by atoms with Crippen LogP contribution in [0.25, 0.3) is 87.9 Å². The second-order valence-corrected chi connectivity index (χ2v) is 11.8. The topological polar surface area (TPSA) is 25.8 Å². The van der Waals surface area contributed by atoms with Gasteiger partial charge in [0.15, 0.2) is 0 Å². The number of pyridine rings is 2. The summed E-state index contributed by atoms with van der Waals surface area (Å²) < 4.78 is 0. The summed E-state index contributed by atoms with van der Waals surface area (Å²) in [6.45, 7) is 0. The van der Waals surface area contributed by atoms with Crippen molar-refractivity contribution in [2.24, 2.45) is 0 Å². The number of aromatic nitrogens is 2. The molecular weight excluding hydrogens is 556 g/mol. The Bertz CT molecular complexity index is 2470. The van der Waals surface area contributed by atoms with Crippen LogP contribution in [-0.4, -0.2) is 9.97 Å². The number of hydrogen-bond acceptors (Lipinski definition) is 2. The highest BCUT2D eigenvalue weighted by Gasteiger charge is 2.14. The van der Waals surface area contributed by atoms with Gasteiger partial charge in [0.1, 0.15) is 0 Å². The van der Waals surface area contributed by atoms with Gasteiger partial charge in [-0.05, 0) is 91.3 Å². The van der Waals surface area contributed by atoms with E-state index in [2.05, 4.69) is 146 Å². The van der Waals surface area contributed by atoms with Crippen LogP contribution in [0.1, 0.15) is 0 Å². The Morgan fingerprint density at radius 3 is 1.43 bits per heavy atom. The molecule has 0 N–H and O–H groups in total. The second kappa shape index (κ2) is 10.8. The Morgan fingerprint density at radius 2 is 0.783 bits per heavy atom.